The Kier molecular flexibility index (Phi) is 5.63. The van der Waals surface area contributed by atoms with E-state index in [0.29, 0.717) is 17.8 Å². The highest BCUT2D eigenvalue weighted by molar-refractivity contribution is 5.77. The maximum absolute atomic E-state index is 4.44. The molecular weight excluding hydrogens is 364 g/mol. The van der Waals surface area contributed by atoms with Crippen LogP contribution in [0.4, 0.5) is 29.2 Å². The summed E-state index contributed by atoms with van der Waals surface area (Å²) in [7, 11) is 0. The molecule has 2 aromatic heterocycles. The van der Waals surface area contributed by atoms with Crippen molar-refractivity contribution in [3.63, 3.8) is 0 Å². The maximum Gasteiger partial charge on any atom is 0.250 e. The van der Waals surface area contributed by atoms with Crippen molar-refractivity contribution in [2.75, 3.05) is 16.1 Å². The molecule has 2 aromatic carbocycles. The number of pyridine rings is 1. The number of nitrogens with zero attached hydrogens (tertiary/aromatic N) is 5. The molecule has 0 spiro atoms. The van der Waals surface area contributed by atoms with Gasteiger partial charge in [-0.2, -0.15) is 20.1 Å². The van der Waals surface area contributed by atoms with Crippen LogP contribution in [0.3, 0.4) is 0 Å². The SMILES string of the molecule is C(=N\Nc1nc(Nc2ccccc2)nc(Nc2ccccc2)n1)/c1ccccn1. The third-order valence-corrected chi connectivity index (χ3v) is 3.74. The Bertz CT molecular complexity index is 1010. The summed E-state index contributed by atoms with van der Waals surface area (Å²) in [6.45, 7) is 0. The van der Waals surface area contributed by atoms with Gasteiger partial charge in [-0.25, -0.2) is 5.43 Å². The van der Waals surface area contributed by atoms with E-state index < -0.39 is 0 Å². The van der Waals surface area contributed by atoms with E-state index in [1.165, 1.54) is 0 Å². The predicted octanol–water partition coefficient (Wildman–Crippen LogP) is 4.20. The second-order valence-electron chi connectivity index (χ2n) is 5.91. The molecule has 142 valence electrons. The summed E-state index contributed by atoms with van der Waals surface area (Å²) in [5.41, 5.74) is 5.29. The molecule has 2 heterocycles. The second-order valence-corrected chi connectivity index (χ2v) is 5.91. The van der Waals surface area contributed by atoms with Crippen molar-refractivity contribution in [3.8, 4) is 0 Å². The van der Waals surface area contributed by atoms with Gasteiger partial charge in [0.05, 0.1) is 11.9 Å². The van der Waals surface area contributed by atoms with Gasteiger partial charge in [0.1, 0.15) is 0 Å². The number of hydrogen-bond donors (Lipinski definition) is 3. The first-order chi connectivity index (χ1) is 14.3. The molecule has 4 rings (SSSR count). The van der Waals surface area contributed by atoms with E-state index in [1.807, 2.05) is 78.9 Å². The van der Waals surface area contributed by atoms with Crippen LogP contribution in [0.15, 0.2) is 90.2 Å². The molecule has 0 saturated carbocycles. The number of anilines is 5. The summed E-state index contributed by atoms with van der Waals surface area (Å²) in [5.74, 6) is 1.07. The summed E-state index contributed by atoms with van der Waals surface area (Å²) in [6, 6.07) is 24.9. The van der Waals surface area contributed by atoms with Crippen LogP contribution in [0, 0.1) is 0 Å². The number of aromatic nitrogens is 4. The highest BCUT2D eigenvalue weighted by Gasteiger charge is 2.07. The van der Waals surface area contributed by atoms with Crippen molar-refractivity contribution >= 4 is 35.4 Å². The first-order valence-corrected chi connectivity index (χ1v) is 8.95. The van der Waals surface area contributed by atoms with E-state index in [2.05, 4.69) is 41.1 Å². The van der Waals surface area contributed by atoms with Crippen LogP contribution in [0.1, 0.15) is 5.69 Å². The average molecular weight is 382 g/mol. The number of para-hydroxylation sites is 2. The molecule has 0 unspecified atom stereocenters. The van der Waals surface area contributed by atoms with Crippen LogP contribution in [-0.4, -0.2) is 26.2 Å². The van der Waals surface area contributed by atoms with Gasteiger partial charge >= 0.3 is 0 Å². The fraction of sp³-hybridized carbons (Fsp3) is 0. The Balaban J connectivity index is 1.57. The predicted molar refractivity (Wildman–Crippen MR) is 115 cm³/mol. The van der Waals surface area contributed by atoms with Crippen LogP contribution in [0.25, 0.3) is 0 Å². The van der Waals surface area contributed by atoms with E-state index in [9.17, 15) is 0 Å². The molecule has 0 aliphatic rings. The van der Waals surface area contributed by atoms with Gasteiger partial charge < -0.3 is 10.6 Å². The van der Waals surface area contributed by atoms with Crippen molar-refractivity contribution in [2.45, 2.75) is 0 Å². The number of rotatable bonds is 7. The minimum atomic E-state index is 0.295. The summed E-state index contributed by atoms with van der Waals surface area (Å²) in [4.78, 5) is 17.4. The molecule has 0 aliphatic heterocycles. The molecule has 8 nitrogen and oxygen atoms in total. The molecule has 8 heteroatoms. The van der Waals surface area contributed by atoms with E-state index >= 15 is 0 Å². The highest BCUT2D eigenvalue weighted by atomic mass is 15.4. The van der Waals surface area contributed by atoms with Crippen LogP contribution in [0.2, 0.25) is 0 Å². The fourth-order valence-electron chi connectivity index (χ4n) is 2.45. The Hall–Kier alpha value is -4.33. The van der Waals surface area contributed by atoms with Gasteiger partial charge in [0, 0.05) is 17.6 Å². The van der Waals surface area contributed by atoms with Gasteiger partial charge in [-0.05, 0) is 36.4 Å². The zero-order chi connectivity index (χ0) is 19.7. The monoisotopic (exact) mass is 382 g/mol. The summed E-state index contributed by atoms with van der Waals surface area (Å²) >= 11 is 0. The zero-order valence-corrected chi connectivity index (χ0v) is 15.4. The number of hydrogen-bond acceptors (Lipinski definition) is 8. The fourth-order valence-corrected chi connectivity index (χ4v) is 2.45. The third kappa shape index (κ3) is 5.33. The van der Waals surface area contributed by atoms with Crippen molar-refractivity contribution in [2.24, 2.45) is 5.10 Å². The van der Waals surface area contributed by atoms with Crippen LogP contribution in [-0.2, 0) is 0 Å². The van der Waals surface area contributed by atoms with Crippen LogP contribution < -0.4 is 16.1 Å². The molecule has 0 atom stereocenters. The number of nitrogens with one attached hydrogen (secondary N) is 3. The molecule has 0 amide bonds. The van der Waals surface area contributed by atoms with Crippen LogP contribution in [0.5, 0.6) is 0 Å². The topological polar surface area (TPSA) is 100 Å². The normalized spacial score (nSPS) is 10.6. The van der Waals surface area contributed by atoms with Gasteiger partial charge in [0.25, 0.3) is 0 Å². The largest absolute Gasteiger partial charge is 0.324 e. The van der Waals surface area contributed by atoms with Gasteiger partial charge in [0.15, 0.2) is 0 Å². The molecule has 3 N–H and O–H groups in total. The molecule has 4 aromatic rings. The lowest BCUT2D eigenvalue weighted by Gasteiger charge is -2.10. The van der Waals surface area contributed by atoms with Crippen molar-refractivity contribution in [3.05, 3.63) is 90.8 Å². The molecule has 0 fully saturated rings. The molecule has 29 heavy (non-hydrogen) atoms. The number of hydrazone groups is 1. The van der Waals surface area contributed by atoms with Crippen LogP contribution >= 0.6 is 0 Å². The van der Waals surface area contributed by atoms with Gasteiger partial charge in [-0.3, -0.25) is 4.98 Å². The summed E-state index contributed by atoms with van der Waals surface area (Å²) in [5, 5.41) is 10.5. The Morgan fingerprint density at radius 1 is 0.621 bits per heavy atom. The summed E-state index contributed by atoms with van der Waals surface area (Å²) in [6.07, 6.45) is 3.30. The molecule has 0 bridgehead atoms. The third-order valence-electron chi connectivity index (χ3n) is 3.74. The first-order valence-electron chi connectivity index (χ1n) is 8.95. The van der Waals surface area contributed by atoms with Gasteiger partial charge in [0.2, 0.25) is 17.8 Å². The Morgan fingerprint density at radius 2 is 1.17 bits per heavy atom. The van der Waals surface area contributed by atoms with E-state index in [-0.39, 0.29) is 0 Å². The molecule has 0 aliphatic carbocycles. The number of benzene rings is 2. The van der Waals surface area contributed by atoms with Gasteiger partial charge in [-0.1, -0.05) is 42.5 Å². The maximum atomic E-state index is 4.44. The second kappa shape index (κ2) is 9.05. The molecular formula is C21H18N8. The zero-order valence-electron chi connectivity index (χ0n) is 15.4. The Labute approximate surface area is 167 Å². The minimum Gasteiger partial charge on any atom is -0.324 e. The first kappa shape index (κ1) is 18.1. The quantitative estimate of drug-likeness (QED) is 0.325. The van der Waals surface area contributed by atoms with Gasteiger partial charge in [-0.15, -0.1) is 0 Å². The lowest BCUT2D eigenvalue weighted by molar-refractivity contribution is 1.04. The van der Waals surface area contributed by atoms with E-state index in [0.717, 1.165) is 17.1 Å². The summed E-state index contributed by atoms with van der Waals surface area (Å²) < 4.78 is 0. The Morgan fingerprint density at radius 3 is 1.72 bits per heavy atom. The lowest BCUT2D eigenvalue weighted by atomic mass is 10.3. The van der Waals surface area contributed by atoms with Crippen molar-refractivity contribution in [1.82, 2.24) is 19.9 Å². The van der Waals surface area contributed by atoms with E-state index in [1.54, 1.807) is 12.4 Å². The average Bonchev–Trinajstić information content (AvgIpc) is 2.76. The van der Waals surface area contributed by atoms with Crippen molar-refractivity contribution < 1.29 is 0 Å². The highest BCUT2D eigenvalue weighted by Crippen LogP contribution is 2.18. The molecule has 0 radical (unpaired) electrons. The lowest BCUT2D eigenvalue weighted by Crippen LogP contribution is -2.07. The smallest absolute Gasteiger partial charge is 0.250 e. The van der Waals surface area contributed by atoms with Crippen molar-refractivity contribution in [1.29, 1.82) is 0 Å². The molecule has 0 saturated heterocycles. The van der Waals surface area contributed by atoms with E-state index in [4.69, 9.17) is 0 Å². The standard InChI is InChI=1S/C21H18N8/c1-3-9-16(10-4-1)24-19-26-20(25-17-11-5-2-6-12-17)28-21(27-19)29-23-15-18-13-7-8-14-22-18/h1-15H,(H3,24,25,26,27,28,29)/b23-15+. The minimum absolute atomic E-state index is 0.295.